The maximum Gasteiger partial charge on any atom is 0.323 e. The van der Waals surface area contributed by atoms with Gasteiger partial charge in [0.25, 0.3) is 5.91 Å². The fourth-order valence-electron chi connectivity index (χ4n) is 0.749. The number of nitrogens with zero attached hydrogens (tertiary/aromatic N) is 1. The number of carbonyl (C=O) groups is 2. The molecule has 1 rings (SSSR count). The lowest BCUT2D eigenvalue weighted by Gasteiger charge is -2.09. The number of thioether (sulfide) groups is 1. The first kappa shape index (κ1) is 10.9. The highest BCUT2D eigenvalue weighted by Gasteiger charge is 2.32. The third-order valence-electron chi connectivity index (χ3n) is 1.27. The monoisotopic (exact) mass is 329 g/mol. The number of amides is 1. The molecule has 0 aromatic carbocycles. The highest BCUT2D eigenvalue weighted by molar-refractivity contribution is 14.1. The minimum absolute atomic E-state index is 0.301. The minimum atomic E-state index is -1.06. The summed E-state index contributed by atoms with van der Waals surface area (Å²) in [7, 11) is 0. The minimum Gasteiger partial charge on any atom is -0.480 e. The SMILES string of the molecule is O=C(O)CN1C(=O)/C(=C/I)SC1=S. The maximum absolute atomic E-state index is 11.4. The molecular formula is C6H4INO3S2. The van der Waals surface area contributed by atoms with Crippen LogP contribution in [0, 0.1) is 0 Å². The van der Waals surface area contributed by atoms with Gasteiger partial charge >= 0.3 is 5.97 Å². The highest BCUT2D eigenvalue weighted by atomic mass is 127. The number of rotatable bonds is 2. The Morgan fingerprint density at radius 2 is 2.38 bits per heavy atom. The van der Waals surface area contributed by atoms with Crippen LogP contribution >= 0.6 is 46.6 Å². The molecule has 1 fully saturated rings. The van der Waals surface area contributed by atoms with Crippen molar-refractivity contribution in [2.75, 3.05) is 6.54 Å². The second-order valence-electron chi connectivity index (χ2n) is 2.13. The van der Waals surface area contributed by atoms with Crippen LogP contribution in [0.1, 0.15) is 0 Å². The van der Waals surface area contributed by atoms with Gasteiger partial charge in [-0.2, -0.15) is 0 Å². The van der Waals surface area contributed by atoms with Crippen molar-refractivity contribution < 1.29 is 14.7 Å². The Hall–Kier alpha value is -0.150. The zero-order chi connectivity index (χ0) is 10.0. The number of carboxylic acids is 1. The van der Waals surface area contributed by atoms with Gasteiger partial charge in [-0.1, -0.05) is 46.6 Å². The molecule has 0 aliphatic carbocycles. The normalized spacial score (nSPS) is 20.1. The quantitative estimate of drug-likeness (QED) is 0.469. The molecule has 0 aromatic heterocycles. The highest BCUT2D eigenvalue weighted by Crippen LogP contribution is 2.31. The van der Waals surface area contributed by atoms with E-state index in [2.05, 4.69) is 0 Å². The van der Waals surface area contributed by atoms with Crippen molar-refractivity contribution in [1.82, 2.24) is 4.90 Å². The third-order valence-corrected chi connectivity index (χ3v) is 3.69. The molecule has 70 valence electrons. The zero-order valence-corrected chi connectivity index (χ0v) is 9.98. The van der Waals surface area contributed by atoms with Crippen LogP contribution in [0.25, 0.3) is 0 Å². The molecular weight excluding hydrogens is 325 g/mol. The summed E-state index contributed by atoms with van der Waals surface area (Å²) in [6.45, 7) is -0.362. The average Bonchev–Trinajstić information content (AvgIpc) is 2.31. The van der Waals surface area contributed by atoms with Crippen LogP contribution in [0.3, 0.4) is 0 Å². The first-order valence-electron chi connectivity index (χ1n) is 3.12. The van der Waals surface area contributed by atoms with E-state index in [0.717, 1.165) is 16.7 Å². The van der Waals surface area contributed by atoms with E-state index in [-0.39, 0.29) is 12.5 Å². The van der Waals surface area contributed by atoms with Crippen molar-refractivity contribution in [2.24, 2.45) is 0 Å². The summed E-state index contributed by atoms with van der Waals surface area (Å²) in [6, 6.07) is 0. The second-order valence-corrected chi connectivity index (χ2v) is 4.42. The van der Waals surface area contributed by atoms with Gasteiger partial charge in [0, 0.05) is 0 Å². The largest absolute Gasteiger partial charge is 0.480 e. The van der Waals surface area contributed by atoms with E-state index in [4.69, 9.17) is 17.3 Å². The molecule has 1 aliphatic heterocycles. The van der Waals surface area contributed by atoms with E-state index in [1.807, 2.05) is 22.6 Å². The lowest BCUT2D eigenvalue weighted by molar-refractivity contribution is -0.140. The number of hydrogen-bond donors (Lipinski definition) is 1. The van der Waals surface area contributed by atoms with E-state index in [1.165, 1.54) is 0 Å². The van der Waals surface area contributed by atoms with Crippen LogP contribution in [0.15, 0.2) is 8.99 Å². The number of halogens is 1. The summed E-state index contributed by atoms with van der Waals surface area (Å²) in [5.74, 6) is -1.39. The Morgan fingerprint density at radius 3 is 2.77 bits per heavy atom. The molecule has 1 aliphatic rings. The van der Waals surface area contributed by atoms with Crippen LogP contribution in [0.4, 0.5) is 0 Å². The molecule has 1 heterocycles. The molecule has 0 radical (unpaired) electrons. The molecule has 1 N–H and O–H groups in total. The fraction of sp³-hybridized carbons (Fsp3) is 0.167. The summed E-state index contributed by atoms with van der Waals surface area (Å²) in [5, 5.41) is 8.48. The Balaban J connectivity index is 2.82. The van der Waals surface area contributed by atoms with Crippen molar-refractivity contribution in [3.05, 3.63) is 8.99 Å². The Morgan fingerprint density at radius 1 is 1.77 bits per heavy atom. The summed E-state index contributed by atoms with van der Waals surface area (Å²) in [6.07, 6.45) is 0. The van der Waals surface area contributed by atoms with Gasteiger partial charge in [0.1, 0.15) is 10.9 Å². The molecule has 0 bridgehead atoms. The standard InChI is InChI=1S/C6H4INO3S2/c7-1-3-5(11)8(2-4(9)10)6(12)13-3/h1H,2H2,(H,9,10)/b3-1-. The van der Waals surface area contributed by atoms with Gasteiger partial charge in [0.2, 0.25) is 0 Å². The lowest BCUT2D eigenvalue weighted by atomic mass is 10.5. The van der Waals surface area contributed by atoms with E-state index in [9.17, 15) is 9.59 Å². The molecule has 1 amide bonds. The summed E-state index contributed by atoms with van der Waals surface area (Å²) >= 11 is 7.88. The van der Waals surface area contributed by atoms with Crippen molar-refractivity contribution in [3.63, 3.8) is 0 Å². The number of hydrogen-bond acceptors (Lipinski definition) is 4. The van der Waals surface area contributed by atoms with Crippen molar-refractivity contribution in [3.8, 4) is 0 Å². The number of carbonyl (C=O) groups excluding carboxylic acids is 1. The Bertz CT molecular complexity index is 315. The number of aliphatic carboxylic acids is 1. The molecule has 7 heteroatoms. The maximum atomic E-state index is 11.4. The predicted molar refractivity (Wildman–Crippen MR) is 61.6 cm³/mol. The predicted octanol–water partition coefficient (Wildman–Crippen LogP) is 1.21. The first-order chi connectivity index (χ1) is 6.06. The average molecular weight is 329 g/mol. The van der Waals surface area contributed by atoms with Crippen LogP contribution in [0.2, 0.25) is 0 Å². The summed E-state index contributed by atoms with van der Waals surface area (Å²) in [4.78, 5) is 23.3. The molecule has 0 unspecified atom stereocenters. The fourth-order valence-corrected chi connectivity index (χ4v) is 2.50. The van der Waals surface area contributed by atoms with Gasteiger partial charge in [-0.3, -0.25) is 14.5 Å². The molecule has 0 aromatic rings. The van der Waals surface area contributed by atoms with Gasteiger partial charge in [-0.15, -0.1) is 0 Å². The van der Waals surface area contributed by atoms with E-state index >= 15 is 0 Å². The smallest absolute Gasteiger partial charge is 0.323 e. The molecule has 4 nitrogen and oxygen atoms in total. The molecule has 13 heavy (non-hydrogen) atoms. The number of carboxylic acid groups (broad SMARTS) is 1. The van der Waals surface area contributed by atoms with Crippen LogP contribution in [-0.4, -0.2) is 32.7 Å². The topological polar surface area (TPSA) is 57.6 Å². The van der Waals surface area contributed by atoms with Gasteiger partial charge in [-0.05, 0) is 4.08 Å². The summed E-state index contributed by atoms with van der Waals surface area (Å²) in [5.41, 5.74) is 0. The molecule has 0 atom stereocenters. The van der Waals surface area contributed by atoms with E-state index in [0.29, 0.717) is 9.23 Å². The number of thiocarbonyl (C=S) groups is 1. The van der Waals surface area contributed by atoms with Crippen LogP contribution < -0.4 is 0 Å². The van der Waals surface area contributed by atoms with Gasteiger partial charge in [0.15, 0.2) is 0 Å². The van der Waals surface area contributed by atoms with Crippen molar-refractivity contribution >= 4 is 62.8 Å². The summed E-state index contributed by atoms with van der Waals surface area (Å²) < 4.78 is 1.90. The lowest BCUT2D eigenvalue weighted by Crippen LogP contribution is -2.33. The third kappa shape index (κ3) is 2.41. The first-order valence-corrected chi connectivity index (χ1v) is 5.59. The van der Waals surface area contributed by atoms with Crippen molar-refractivity contribution in [1.29, 1.82) is 0 Å². The zero-order valence-electron chi connectivity index (χ0n) is 6.19. The van der Waals surface area contributed by atoms with Gasteiger partial charge in [-0.25, -0.2) is 0 Å². The van der Waals surface area contributed by atoms with Gasteiger partial charge in [0.05, 0.1) is 4.91 Å². The van der Waals surface area contributed by atoms with Crippen LogP contribution in [-0.2, 0) is 9.59 Å². The van der Waals surface area contributed by atoms with Gasteiger partial charge < -0.3 is 5.11 Å². The van der Waals surface area contributed by atoms with E-state index < -0.39 is 5.97 Å². The second kappa shape index (κ2) is 4.38. The Kier molecular flexibility index (Phi) is 3.68. The Labute approximate surface area is 97.5 Å². The molecule has 1 saturated heterocycles. The van der Waals surface area contributed by atoms with Crippen molar-refractivity contribution in [2.45, 2.75) is 0 Å². The van der Waals surface area contributed by atoms with Crippen LogP contribution in [0.5, 0.6) is 0 Å². The molecule has 0 saturated carbocycles. The molecule has 0 spiro atoms. The van der Waals surface area contributed by atoms with E-state index in [1.54, 1.807) is 4.08 Å².